The van der Waals surface area contributed by atoms with Crippen LogP contribution >= 0.6 is 22.9 Å². The summed E-state index contributed by atoms with van der Waals surface area (Å²) in [5.74, 6) is -0.668. The van der Waals surface area contributed by atoms with E-state index in [0.717, 1.165) is 13.1 Å². The van der Waals surface area contributed by atoms with Crippen LogP contribution in [-0.2, 0) is 16.0 Å². The van der Waals surface area contributed by atoms with Gasteiger partial charge < -0.3 is 15.1 Å². The van der Waals surface area contributed by atoms with Crippen molar-refractivity contribution in [2.45, 2.75) is 32.4 Å². The Bertz CT molecular complexity index is 1530. The Balaban J connectivity index is 1.15. The molecule has 10 heteroatoms. The fourth-order valence-corrected chi connectivity index (χ4v) is 6.36. The second-order valence-corrected chi connectivity index (χ2v) is 12.3. The van der Waals surface area contributed by atoms with E-state index in [-0.39, 0.29) is 42.8 Å². The molecule has 0 radical (unpaired) electrons. The van der Waals surface area contributed by atoms with Crippen molar-refractivity contribution in [1.29, 1.82) is 0 Å². The fourth-order valence-electron chi connectivity index (χ4n) is 5.42. The summed E-state index contributed by atoms with van der Waals surface area (Å²) in [7, 11) is 0. The highest BCUT2D eigenvalue weighted by atomic mass is 35.5. The molecule has 1 aliphatic rings. The molecule has 1 saturated heterocycles. The van der Waals surface area contributed by atoms with Gasteiger partial charge in [-0.25, -0.2) is 4.98 Å². The summed E-state index contributed by atoms with van der Waals surface area (Å²) in [4.78, 5) is 49.4. The SMILES string of the molecule is CC(C)N(CC(=O)Nc1nc(CC(=O)N2CCN(C(c3ccccc3)c3ccccc3)CC2)cs1)C(=O)c1ccccc1Cl. The molecule has 0 aliphatic carbocycles. The highest BCUT2D eigenvalue weighted by molar-refractivity contribution is 7.13. The summed E-state index contributed by atoms with van der Waals surface area (Å²) >= 11 is 7.48. The molecule has 5 rings (SSSR count). The number of hydrogen-bond donors (Lipinski definition) is 1. The van der Waals surface area contributed by atoms with Crippen molar-refractivity contribution in [3.63, 3.8) is 0 Å². The summed E-state index contributed by atoms with van der Waals surface area (Å²) in [6.45, 7) is 6.33. The molecule has 4 aromatic rings. The maximum atomic E-state index is 13.2. The van der Waals surface area contributed by atoms with Gasteiger partial charge in [-0.2, -0.15) is 0 Å². The van der Waals surface area contributed by atoms with Gasteiger partial charge in [0.1, 0.15) is 6.54 Å². The lowest BCUT2D eigenvalue weighted by atomic mass is 9.96. The highest BCUT2D eigenvalue weighted by Crippen LogP contribution is 2.29. The number of carbonyl (C=O) groups is 3. The molecule has 0 unspecified atom stereocenters. The van der Waals surface area contributed by atoms with Crippen molar-refractivity contribution in [2.24, 2.45) is 0 Å². The first-order valence-corrected chi connectivity index (χ1v) is 16.0. The lowest BCUT2D eigenvalue weighted by Gasteiger charge is -2.39. The average Bonchev–Trinajstić information content (AvgIpc) is 3.47. The van der Waals surface area contributed by atoms with Crippen LogP contribution in [0.25, 0.3) is 0 Å². The van der Waals surface area contributed by atoms with E-state index in [1.807, 2.05) is 30.9 Å². The van der Waals surface area contributed by atoms with E-state index in [4.69, 9.17) is 11.6 Å². The zero-order chi connectivity index (χ0) is 31.1. The summed E-state index contributed by atoms with van der Waals surface area (Å²) in [6, 6.07) is 27.7. The van der Waals surface area contributed by atoms with Crippen molar-refractivity contribution < 1.29 is 14.4 Å². The van der Waals surface area contributed by atoms with Crippen LogP contribution in [0, 0.1) is 0 Å². The van der Waals surface area contributed by atoms with E-state index in [2.05, 4.69) is 63.7 Å². The Morgan fingerprint density at radius 3 is 2.07 bits per heavy atom. The van der Waals surface area contributed by atoms with Gasteiger partial charge in [0.25, 0.3) is 5.91 Å². The maximum Gasteiger partial charge on any atom is 0.256 e. The Morgan fingerprint density at radius 1 is 0.886 bits per heavy atom. The van der Waals surface area contributed by atoms with Crippen LogP contribution in [-0.4, -0.2) is 76.2 Å². The molecule has 0 spiro atoms. The first kappa shape index (κ1) is 31.4. The van der Waals surface area contributed by atoms with Crippen molar-refractivity contribution in [1.82, 2.24) is 19.7 Å². The smallest absolute Gasteiger partial charge is 0.256 e. The zero-order valence-electron chi connectivity index (χ0n) is 24.9. The molecule has 3 amide bonds. The number of amides is 3. The molecule has 3 aromatic carbocycles. The minimum absolute atomic E-state index is 0.0140. The van der Waals surface area contributed by atoms with Gasteiger partial charge in [0.05, 0.1) is 28.7 Å². The zero-order valence-corrected chi connectivity index (χ0v) is 26.4. The van der Waals surface area contributed by atoms with E-state index in [0.29, 0.717) is 34.5 Å². The number of benzene rings is 3. The quantitative estimate of drug-likeness (QED) is 0.241. The van der Waals surface area contributed by atoms with E-state index >= 15 is 0 Å². The van der Waals surface area contributed by atoms with Gasteiger partial charge in [0.2, 0.25) is 11.8 Å². The van der Waals surface area contributed by atoms with Crippen molar-refractivity contribution >= 4 is 45.8 Å². The van der Waals surface area contributed by atoms with Crippen molar-refractivity contribution in [2.75, 3.05) is 38.0 Å². The number of aromatic nitrogens is 1. The minimum atomic E-state index is -0.367. The molecule has 1 aliphatic heterocycles. The topological polar surface area (TPSA) is 85.8 Å². The highest BCUT2D eigenvalue weighted by Gasteiger charge is 2.29. The number of piperazine rings is 1. The van der Waals surface area contributed by atoms with Gasteiger partial charge in [-0.1, -0.05) is 84.4 Å². The molecule has 0 saturated carbocycles. The van der Waals surface area contributed by atoms with E-state index < -0.39 is 0 Å². The third-order valence-electron chi connectivity index (χ3n) is 7.70. The lowest BCUT2D eigenvalue weighted by Crippen LogP contribution is -2.50. The van der Waals surface area contributed by atoms with E-state index in [1.165, 1.54) is 27.4 Å². The predicted molar refractivity (Wildman–Crippen MR) is 175 cm³/mol. The van der Waals surface area contributed by atoms with Crippen LogP contribution in [0.15, 0.2) is 90.3 Å². The molecule has 1 N–H and O–H groups in total. The molecule has 1 aromatic heterocycles. The molecule has 8 nitrogen and oxygen atoms in total. The van der Waals surface area contributed by atoms with Crippen molar-refractivity contribution in [3.05, 3.63) is 118 Å². The summed E-state index contributed by atoms with van der Waals surface area (Å²) in [6.07, 6.45) is 0.163. The van der Waals surface area contributed by atoms with E-state index in [1.54, 1.807) is 29.6 Å². The Hall–Kier alpha value is -4.05. The number of rotatable bonds is 10. The van der Waals surface area contributed by atoms with Gasteiger partial charge >= 0.3 is 0 Å². The average molecular weight is 630 g/mol. The molecule has 228 valence electrons. The second kappa shape index (κ2) is 14.6. The Labute approximate surface area is 267 Å². The third kappa shape index (κ3) is 7.72. The van der Waals surface area contributed by atoms with Gasteiger partial charge in [-0.15, -0.1) is 11.3 Å². The van der Waals surface area contributed by atoms with Gasteiger partial charge in [0.15, 0.2) is 5.13 Å². The Morgan fingerprint density at radius 2 is 1.48 bits per heavy atom. The molecule has 0 atom stereocenters. The minimum Gasteiger partial charge on any atom is -0.340 e. The first-order valence-electron chi connectivity index (χ1n) is 14.7. The molecular weight excluding hydrogens is 594 g/mol. The van der Waals surface area contributed by atoms with Gasteiger partial charge in [-0.05, 0) is 37.1 Å². The van der Waals surface area contributed by atoms with Crippen LogP contribution in [0.2, 0.25) is 5.02 Å². The number of halogens is 1. The van der Waals surface area contributed by atoms with Crippen LogP contribution in [0.3, 0.4) is 0 Å². The number of nitrogens with one attached hydrogen (secondary N) is 1. The molecular formula is C34H36ClN5O3S. The first-order chi connectivity index (χ1) is 21.3. The maximum absolute atomic E-state index is 13.2. The molecule has 2 heterocycles. The molecule has 1 fully saturated rings. The summed E-state index contributed by atoms with van der Waals surface area (Å²) < 4.78 is 0. The predicted octanol–water partition coefficient (Wildman–Crippen LogP) is 5.76. The third-order valence-corrected chi connectivity index (χ3v) is 8.83. The lowest BCUT2D eigenvalue weighted by molar-refractivity contribution is -0.132. The number of anilines is 1. The van der Waals surface area contributed by atoms with Crippen LogP contribution < -0.4 is 5.32 Å². The number of hydrogen-bond acceptors (Lipinski definition) is 6. The summed E-state index contributed by atoms with van der Waals surface area (Å²) in [5.41, 5.74) is 3.43. The van der Waals surface area contributed by atoms with E-state index in [9.17, 15) is 14.4 Å². The van der Waals surface area contributed by atoms with Crippen LogP contribution in [0.5, 0.6) is 0 Å². The largest absolute Gasteiger partial charge is 0.340 e. The monoisotopic (exact) mass is 629 g/mol. The van der Waals surface area contributed by atoms with Crippen LogP contribution in [0.1, 0.15) is 47.1 Å². The van der Waals surface area contributed by atoms with Crippen molar-refractivity contribution in [3.8, 4) is 0 Å². The number of nitrogens with zero attached hydrogens (tertiary/aromatic N) is 4. The standard InChI is InChI=1S/C34H36ClN5O3S/c1-24(2)40(33(43)28-15-9-10-16-29(28)35)22-30(41)37-34-36-27(23-44-34)21-31(42)38-17-19-39(20-18-38)32(25-11-5-3-6-12-25)26-13-7-4-8-14-26/h3-16,23-24,32H,17-22H2,1-2H3,(H,36,37,41). The van der Waals surface area contributed by atoms with Gasteiger partial charge in [0, 0.05) is 37.6 Å². The Kier molecular flexibility index (Phi) is 10.4. The molecule has 44 heavy (non-hydrogen) atoms. The molecule has 0 bridgehead atoms. The fraction of sp³-hybridized carbons (Fsp3) is 0.294. The summed E-state index contributed by atoms with van der Waals surface area (Å²) in [5, 5.41) is 5.31. The number of carbonyl (C=O) groups excluding carboxylic acids is 3. The van der Waals surface area contributed by atoms with Crippen LogP contribution in [0.4, 0.5) is 5.13 Å². The number of thiazole rings is 1. The normalized spacial score (nSPS) is 13.7. The second-order valence-electron chi connectivity index (χ2n) is 11.0. The van der Waals surface area contributed by atoms with Gasteiger partial charge in [-0.3, -0.25) is 19.3 Å².